The fraction of sp³-hybridized carbons (Fsp3) is 0.462. The van der Waals surface area contributed by atoms with Gasteiger partial charge in [-0.2, -0.15) is 0 Å². The molecule has 0 aromatic carbocycles. The van der Waals surface area contributed by atoms with Gasteiger partial charge in [0.15, 0.2) is 0 Å². The maximum absolute atomic E-state index is 5.29. The summed E-state index contributed by atoms with van der Waals surface area (Å²) in [5.41, 5.74) is 5.25. The Hall–Kier alpha value is -1.27. The Labute approximate surface area is 99.1 Å². The molecule has 16 heavy (non-hydrogen) atoms. The lowest BCUT2D eigenvalue weighted by Crippen LogP contribution is -2.16. The van der Waals surface area contributed by atoms with Crippen molar-refractivity contribution >= 4 is 8.07 Å². The SMILES string of the molecule is CCc1ncc(C#C[Si](C)(C)C)cc1OC. The summed E-state index contributed by atoms with van der Waals surface area (Å²) in [6, 6.07) is 1.97. The van der Waals surface area contributed by atoms with Gasteiger partial charge in [0.2, 0.25) is 0 Å². The number of methoxy groups -OCH3 is 1. The zero-order chi connectivity index (χ0) is 12.2. The zero-order valence-corrected chi connectivity index (χ0v) is 11.7. The molecule has 0 atom stereocenters. The van der Waals surface area contributed by atoms with Gasteiger partial charge in [0.1, 0.15) is 13.8 Å². The summed E-state index contributed by atoms with van der Waals surface area (Å²) in [6.07, 6.45) is 2.71. The first-order valence-corrected chi connectivity index (χ1v) is 9.02. The van der Waals surface area contributed by atoms with E-state index in [1.54, 1.807) is 7.11 Å². The number of aromatic nitrogens is 1. The number of hydrogen-bond acceptors (Lipinski definition) is 2. The molecule has 0 saturated heterocycles. The van der Waals surface area contributed by atoms with Crippen LogP contribution in [0.1, 0.15) is 18.2 Å². The van der Waals surface area contributed by atoms with Gasteiger partial charge >= 0.3 is 0 Å². The van der Waals surface area contributed by atoms with Crippen LogP contribution < -0.4 is 4.74 Å². The highest BCUT2D eigenvalue weighted by Gasteiger charge is 2.08. The monoisotopic (exact) mass is 233 g/mol. The molecule has 0 aliphatic rings. The minimum atomic E-state index is -1.32. The van der Waals surface area contributed by atoms with Crippen LogP contribution >= 0.6 is 0 Å². The molecule has 0 fully saturated rings. The third-order valence-corrected chi connectivity index (χ3v) is 2.94. The highest BCUT2D eigenvalue weighted by atomic mass is 28.3. The Morgan fingerprint density at radius 2 is 2.06 bits per heavy atom. The lowest BCUT2D eigenvalue weighted by Gasteiger charge is -2.06. The van der Waals surface area contributed by atoms with Crippen LogP contribution in [0.3, 0.4) is 0 Å². The smallest absolute Gasteiger partial charge is 0.141 e. The molecule has 0 saturated carbocycles. The van der Waals surface area contributed by atoms with E-state index in [0.717, 1.165) is 23.4 Å². The van der Waals surface area contributed by atoms with Crippen molar-refractivity contribution in [3.63, 3.8) is 0 Å². The van der Waals surface area contributed by atoms with Crippen molar-refractivity contribution < 1.29 is 4.74 Å². The summed E-state index contributed by atoms with van der Waals surface area (Å²) >= 11 is 0. The van der Waals surface area contributed by atoms with Crippen LogP contribution in [-0.4, -0.2) is 20.2 Å². The Kier molecular flexibility index (Phi) is 4.14. The van der Waals surface area contributed by atoms with E-state index in [4.69, 9.17) is 4.74 Å². The molecule has 3 heteroatoms. The first kappa shape index (κ1) is 12.8. The van der Waals surface area contributed by atoms with E-state index in [1.807, 2.05) is 12.3 Å². The van der Waals surface area contributed by atoms with E-state index in [-0.39, 0.29) is 0 Å². The van der Waals surface area contributed by atoms with E-state index in [9.17, 15) is 0 Å². The first-order chi connectivity index (χ1) is 7.46. The van der Waals surface area contributed by atoms with Crippen LogP contribution in [0.2, 0.25) is 19.6 Å². The largest absolute Gasteiger partial charge is 0.495 e. The quantitative estimate of drug-likeness (QED) is 0.579. The molecular weight excluding hydrogens is 214 g/mol. The Morgan fingerprint density at radius 1 is 1.38 bits per heavy atom. The van der Waals surface area contributed by atoms with Crippen molar-refractivity contribution in [2.24, 2.45) is 0 Å². The van der Waals surface area contributed by atoms with E-state index in [0.29, 0.717) is 0 Å². The number of nitrogens with zero attached hydrogens (tertiary/aromatic N) is 1. The number of pyridine rings is 1. The molecule has 1 aromatic rings. The summed E-state index contributed by atoms with van der Waals surface area (Å²) in [4.78, 5) is 4.36. The number of rotatable bonds is 2. The minimum Gasteiger partial charge on any atom is -0.495 e. The van der Waals surface area contributed by atoms with Crippen LogP contribution in [0.4, 0.5) is 0 Å². The average molecular weight is 233 g/mol. The van der Waals surface area contributed by atoms with E-state index < -0.39 is 8.07 Å². The molecule has 2 nitrogen and oxygen atoms in total. The maximum atomic E-state index is 5.29. The van der Waals surface area contributed by atoms with E-state index in [1.165, 1.54) is 0 Å². The van der Waals surface area contributed by atoms with E-state index in [2.05, 4.69) is 43.0 Å². The Bertz CT molecular complexity index is 424. The van der Waals surface area contributed by atoms with Gasteiger partial charge < -0.3 is 4.74 Å². The van der Waals surface area contributed by atoms with Crippen molar-refractivity contribution in [3.05, 3.63) is 23.5 Å². The second-order valence-electron chi connectivity index (χ2n) is 4.73. The molecule has 86 valence electrons. The highest BCUT2D eigenvalue weighted by molar-refractivity contribution is 6.83. The van der Waals surface area contributed by atoms with Crippen LogP contribution in [-0.2, 0) is 6.42 Å². The molecular formula is C13H19NOSi. The fourth-order valence-electron chi connectivity index (χ4n) is 1.24. The predicted molar refractivity (Wildman–Crippen MR) is 70.4 cm³/mol. The molecule has 0 bridgehead atoms. The molecule has 0 aliphatic carbocycles. The molecule has 1 rings (SSSR count). The van der Waals surface area contributed by atoms with Gasteiger partial charge in [-0.25, -0.2) is 0 Å². The van der Waals surface area contributed by atoms with Gasteiger partial charge in [-0.05, 0) is 12.5 Å². The van der Waals surface area contributed by atoms with Crippen molar-refractivity contribution in [1.29, 1.82) is 0 Å². The molecule has 0 N–H and O–H groups in total. The molecule has 1 heterocycles. The molecule has 0 aliphatic heterocycles. The maximum Gasteiger partial charge on any atom is 0.141 e. The molecule has 0 spiro atoms. The van der Waals surface area contributed by atoms with Gasteiger partial charge in [-0.1, -0.05) is 32.5 Å². The standard InChI is InChI=1S/C13H19NOSi/c1-6-12-13(15-2)9-11(10-14-12)7-8-16(3,4)5/h9-10H,6H2,1-5H3. The molecule has 0 radical (unpaired) electrons. The second-order valence-corrected chi connectivity index (χ2v) is 9.48. The van der Waals surface area contributed by atoms with Gasteiger partial charge in [0.05, 0.1) is 12.8 Å². The van der Waals surface area contributed by atoms with Gasteiger partial charge in [-0.15, -0.1) is 5.54 Å². The van der Waals surface area contributed by atoms with Gasteiger partial charge in [0, 0.05) is 11.8 Å². The van der Waals surface area contributed by atoms with Crippen LogP contribution in [0, 0.1) is 11.5 Å². The summed E-state index contributed by atoms with van der Waals surface area (Å²) in [6.45, 7) is 8.75. The molecule has 1 aromatic heterocycles. The second kappa shape index (κ2) is 5.18. The van der Waals surface area contributed by atoms with E-state index >= 15 is 0 Å². The zero-order valence-electron chi connectivity index (χ0n) is 10.7. The first-order valence-electron chi connectivity index (χ1n) is 5.52. The highest BCUT2D eigenvalue weighted by Crippen LogP contribution is 2.17. The molecule has 0 amide bonds. The van der Waals surface area contributed by atoms with Crippen molar-refractivity contribution in [1.82, 2.24) is 4.98 Å². The van der Waals surface area contributed by atoms with Crippen LogP contribution in [0.15, 0.2) is 12.3 Å². The summed E-state index contributed by atoms with van der Waals surface area (Å²) < 4.78 is 5.29. The van der Waals surface area contributed by atoms with Crippen molar-refractivity contribution in [3.8, 4) is 17.2 Å². The Balaban J connectivity index is 3.03. The normalized spacial score (nSPS) is 10.6. The van der Waals surface area contributed by atoms with Crippen molar-refractivity contribution in [2.75, 3.05) is 7.11 Å². The van der Waals surface area contributed by atoms with Gasteiger partial charge in [-0.3, -0.25) is 4.98 Å². The van der Waals surface area contributed by atoms with Crippen LogP contribution in [0.25, 0.3) is 0 Å². The van der Waals surface area contributed by atoms with Crippen LogP contribution in [0.5, 0.6) is 5.75 Å². The predicted octanol–water partition coefficient (Wildman–Crippen LogP) is 2.88. The lowest BCUT2D eigenvalue weighted by atomic mass is 10.2. The average Bonchev–Trinajstić information content (AvgIpc) is 2.25. The van der Waals surface area contributed by atoms with Gasteiger partial charge in [0.25, 0.3) is 0 Å². The minimum absolute atomic E-state index is 0.838. The number of ether oxygens (including phenoxy) is 1. The summed E-state index contributed by atoms with van der Waals surface area (Å²) in [7, 11) is 0.353. The fourth-order valence-corrected chi connectivity index (χ4v) is 1.76. The molecule has 0 unspecified atom stereocenters. The third-order valence-electron chi connectivity index (χ3n) is 2.07. The van der Waals surface area contributed by atoms with Crippen molar-refractivity contribution in [2.45, 2.75) is 33.0 Å². The summed E-state index contributed by atoms with van der Waals surface area (Å²) in [5.74, 6) is 4.02. The topological polar surface area (TPSA) is 22.1 Å². The summed E-state index contributed by atoms with van der Waals surface area (Å²) in [5, 5.41) is 0. The Morgan fingerprint density at radius 3 is 2.56 bits per heavy atom. The third kappa shape index (κ3) is 3.71. The lowest BCUT2D eigenvalue weighted by molar-refractivity contribution is 0.407. The number of aryl methyl sites for hydroxylation is 1. The number of hydrogen-bond donors (Lipinski definition) is 0.